The molecule has 0 N–H and O–H groups in total. The van der Waals surface area contributed by atoms with Gasteiger partial charge in [0.05, 0.1) is 0 Å². The Balaban J connectivity index is 0.00000112. The van der Waals surface area contributed by atoms with Crippen molar-refractivity contribution in [3.63, 3.8) is 0 Å². The molecule has 0 saturated carbocycles. The molecule has 0 atom stereocenters. The van der Waals surface area contributed by atoms with Gasteiger partial charge in [-0.15, -0.1) is 0 Å². The van der Waals surface area contributed by atoms with E-state index in [0.29, 0.717) is 0 Å². The molecule has 0 bridgehead atoms. The molecule has 0 fully saturated rings. The maximum absolute atomic E-state index is 11.8. The first-order chi connectivity index (χ1) is 6.88. The normalized spacial score (nSPS) is 9.07. The zero-order valence-electron chi connectivity index (χ0n) is 8.18. The number of hydrogen-bond donors (Lipinski definition) is 0. The molecule has 72 valence electrons. The first-order valence-electron chi connectivity index (χ1n) is 4.53. The molecule has 0 saturated heterocycles. The molecule has 0 unspecified atom stereocenters. The van der Waals surface area contributed by atoms with Gasteiger partial charge in [0.2, 0.25) is 0 Å². The van der Waals surface area contributed by atoms with Crippen LogP contribution in [0, 0.1) is 0 Å². The van der Waals surface area contributed by atoms with Crippen molar-refractivity contribution in [1.29, 1.82) is 0 Å². The third-order valence-electron chi connectivity index (χ3n) is 2.07. The Bertz CT molecular complexity index is 381. The maximum atomic E-state index is 11.8. The van der Waals surface area contributed by atoms with Crippen molar-refractivity contribution in [3.05, 3.63) is 71.8 Å². The molecule has 1 nitrogen and oxygen atoms in total. The third-order valence-corrected chi connectivity index (χ3v) is 2.07. The smallest absolute Gasteiger partial charge is 0.193 e. The SMILES string of the molecule is O=C(c1ccccc1)c1ccccc1.[Sn]. The molecule has 15 heavy (non-hydrogen) atoms. The minimum Gasteiger partial charge on any atom is -0.289 e. The summed E-state index contributed by atoms with van der Waals surface area (Å²) >= 11 is 0. The van der Waals surface area contributed by atoms with E-state index in [1.807, 2.05) is 60.7 Å². The van der Waals surface area contributed by atoms with Crippen molar-refractivity contribution in [2.24, 2.45) is 0 Å². The Hall–Kier alpha value is -1.09. The van der Waals surface area contributed by atoms with Gasteiger partial charge in [-0.25, -0.2) is 0 Å². The summed E-state index contributed by atoms with van der Waals surface area (Å²) in [5, 5.41) is 0. The summed E-state index contributed by atoms with van der Waals surface area (Å²) in [6, 6.07) is 18.6. The fourth-order valence-electron chi connectivity index (χ4n) is 1.35. The van der Waals surface area contributed by atoms with E-state index >= 15 is 0 Å². The molecule has 2 heteroatoms. The van der Waals surface area contributed by atoms with E-state index in [9.17, 15) is 4.79 Å². The van der Waals surface area contributed by atoms with Crippen LogP contribution in [0.25, 0.3) is 0 Å². The molecule has 0 aliphatic carbocycles. The van der Waals surface area contributed by atoms with E-state index in [1.54, 1.807) is 0 Å². The molecular weight excluding hydrogens is 291 g/mol. The predicted molar refractivity (Wildman–Crippen MR) is 62.1 cm³/mol. The Labute approximate surface area is 106 Å². The van der Waals surface area contributed by atoms with Crippen LogP contribution in [-0.2, 0) is 0 Å². The molecule has 4 radical (unpaired) electrons. The number of ketones is 1. The molecule has 2 rings (SSSR count). The fourth-order valence-corrected chi connectivity index (χ4v) is 1.35. The van der Waals surface area contributed by atoms with E-state index in [2.05, 4.69) is 0 Å². The van der Waals surface area contributed by atoms with Gasteiger partial charge in [0.1, 0.15) is 0 Å². The number of carbonyl (C=O) groups is 1. The quantitative estimate of drug-likeness (QED) is 0.615. The molecule has 0 spiro atoms. The van der Waals surface area contributed by atoms with E-state index in [-0.39, 0.29) is 29.7 Å². The van der Waals surface area contributed by atoms with Gasteiger partial charge in [-0.1, -0.05) is 60.7 Å². The van der Waals surface area contributed by atoms with Gasteiger partial charge in [-0.2, -0.15) is 0 Å². The van der Waals surface area contributed by atoms with Crippen molar-refractivity contribution in [3.8, 4) is 0 Å². The Morgan fingerprint density at radius 2 is 1.00 bits per heavy atom. The standard InChI is InChI=1S/C13H10O.Sn/c14-13(11-7-3-1-4-8-11)12-9-5-2-6-10-12;/h1-10H;. The largest absolute Gasteiger partial charge is 0.289 e. The summed E-state index contributed by atoms with van der Waals surface area (Å²) in [6.45, 7) is 0. The van der Waals surface area contributed by atoms with Gasteiger partial charge in [-0.3, -0.25) is 4.79 Å². The first-order valence-corrected chi connectivity index (χ1v) is 4.53. The van der Waals surface area contributed by atoms with Crippen LogP contribution in [0.2, 0.25) is 0 Å². The average molecular weight is 301 g/mol. The Morgan fingerprint density at radius 1 is 0.667 bits per heavy atom. The van der Waals surface area contributed by atoms with E-state index in [4.69, 9.17) is 0 Å². The van der Waals surface area contributed by atoms with Crippen LogP contribution in [0.3, 0.4) is 0 Å². The minimum atomic E-state index is 0. The number of carbonyl (C=O) groups excluding carboxylic acids is 1. The van der Waals surface area contributed by atoms with Crippen molar-refractivity contribution in [2.75, 3.05) is 0 Å². The number of rotatable bonds is 2. The summed E-state index contributed by atoms with van der Waals surface area (Å²) in [5.74, 6) is 0.0752. The van der Waals surface area contributed by atoms with Crippen molar-refractivity contribution in [1.82, 2.24) is 0 Å². The molecule has 0 aromatic heterocycles. The van der Waals surface area contributed by atoms with Crippen molar-refractivity contribution >= 4 is 29.7 Å². The predicted octanol–water partition coefficient (Wildman–Crippen LogP) is 2.54. The van der Waals surface area contributed by atoms with Crippen molar-refractivity contribution < 1.29 is 4.79 Å². The van der Waals surface area contributed by atoms with Crippen LogP contribution in [0.15, 0.2) is 60.7 Å². The molecule has 0 aliphatic rings. The summed E-state index contributed by atoms with van der Waals surface area (Å²) in [5.41, 5.74) is 1.47. The summed E-state index contributed by atoms with van der Waals surface area (Å²) in [7, 11) is 0. The molecule has 0 amide bonds. The molecule has 0 aliphatic heterocycles. The second kappa shape index (κ2) is 5.71. The minimum absolute atomic E-state index is 0. The van der Waals surface area contributed by atoms with Gasteiger partial charge >= 0.3 is 0 Å². The monoisotopic (exact) mass is 302 g/mol. The first kappa shape index (κ1) is 12.0. The summed E-state index contributed by atoms with van der Waals surface area (Å²) in [4.78, 5) is 11.8. The van der Waals surface area contributed by atoms with Gasteiger partial charge in [0.15, 0.2) is 5.78 Å². The van der Waals surface area contributed by atoms with Gasteiger partial charge in [0, 0.05) is 35.0 Å². The summed E-state index contributed by atoms with van der Waals surface area (Å²) in [6.07, 6.45) is 0. The Morgan fingerprint density at radius 3 is 1.33 bits per heavy atom. The molecule has 2 aromatic rings. The van der Waals surface area contributed by atoms with Crippen LogP contribution >= 0.6 is 0 Å². The number of hydrogen-bond acceptors (Lipinski definition) is 1. The van der Waals surface area contributed by atoms with E-state index in [1.165, 1.54) is 0 Å². The van der Waals surface area contributed by atoms with Crippen LogP contribution in [0.4, 0.5) is 0 Å². The zero-order valence-corrected chi connectivity index (χ0v) is 11.0. The third kappa shape index (κ3) is 2.93. The molecular formula is C13H10OSn. The second-order valence-corrected chi connectivity index (χ2v) is 3.06. The summed E-state index contributed by atoms with van der Waals surface area (Å²) < 4.78 is 0. The molecule has 0 heterocycles. The maximum Gasteiger partial charge on any atom is 0.193 e. The van der Waals surface area contributed by atoms with Crippen LogP contribution in [0.1, 0.15) is 15.9 Å². The van der Waals surface area contributed by atoms with Gasteiger partial charge < -0.3 is 0 Å². The second-order valence-electron chi connectivity index (χ2n) is 3.06. The topological polar surface area (TPSA) is 17.1 Å². The number of benzene rings is 2. The molecule has 2 aromatic carbocycles. The Kier molecular flexibility index (Phi) is 4.56. The zero-order chi connectivity index (χ0) is 9.80. The van der Waals surface area contributed by atoms with Gasteiger partial charge in [0.25, 0.3) is 0 Å². The van der Waals surface area contributed by atoms with Crippen LogP contribution in [-0.4, -0.2) is 29.7 Å². The van der Waals surface area contributed by atoms with Crippen molar-refractivity contribution in [2.45, 2.75) is 0 Å². The fraction of sp³-hybridized carbons (Fsp3) is 0. The van der Waals surface area contributed by atoms with E-state index < -0.39 is 0 Å². The average Bonchev–Trinajstić information content (AvgIpc) is 2.30. The van der Waals surface area contributed by atoms with E-state index in [0.717, 1.165) is 11.1 Å². The van der Waals surface area contributed by atoms with Crippen LogP contribution in [0.5, 0.6) is 0 Å². The van der Waals surface area contributed by atoms with Crippen LogP contribution < -0.4 is 0 Å². The van der Waals surface area contributed by atoms with Gasteiger partial charge in [-0.05, 0) is 0 Å².